The van der Waals surface area contributed by atoms with Crippen molar-refractivity contribution < 1.29 is 0 Å². The van der Waals surface area contributed by atoms with Crippen molar-refractivity contribution in [2.24, 2.45) is 5.84 Å². The zero-order valence-corrected chi connectivity index (χ0v) is 11.9. The molecule has 0 spiro atoms. The summed E-state index contributed by atoms with van der Waals surface area (Å²) in [6, 6.07) is 10.5. The molecule has 0 radical (unpaired) electrons. The monoisotopic (exact) mass is 280 g/mol. The summed E-state index contributed by atoms with van der Waals surface area (Å²) < 4.78 is 0. The van der Waals surface area contributed by atoms with Crippen LogP contribution in [0.2, 0.25) is 5.02 Å². The number of rotatable bonds is 5. The van der Waals surface area contributed by atoms with Crippen LogP contribution in [0.25, 0.3) is 0 Å². The Bertz CT molecular complexity index is 496. The van der Waals surface area contributed by atoms with E-state index in [2.05, 4.69) is 35.1 Å². The Hall–Kier alpha value is -0.870. The zero-order chi connectivity index (χ0) is 13.0. The van der Waals surface area contributed by atoms with Gasteiger partial charge in [-0.2, -0.15) is 0 Å². The van der Waals surface area contributed by atoms with Gasteiger partial charge >= 0.3 is 0 Å². The number of halogens is 1. The first-order valence-corrected chi connectivity index (χ1v) is 7.21. The number of hydrazine groups is 1. The third-order valence-corrected chi connectivity index (χ3v) is 4.84. The molecule has 1 heterocycles. The molecule has 0 aliphatic heterocycles. The van der Waals surface area contributed by atoms with Crippen LogP contribution in [0.4, 0.5) is 0 Å². The van der Waals surface area contributed by atoms with Crippen molar-refractivity contribution in [3.05, 3.63) is 56.7 Å². The van der Waals surface area contributed by atoms with Crippen molar-refractivity contribution in [2.75, 3.05) is 0 Å². The van der Waals surface area contributed by atoms with Crippen LogP contribution >= 0.6 is 22.9 Å². The van der Waals surface area contributed by atoms with Crippen molar-refractivity contribution in [3.63, 3.8) is 0 Å². The Morgan fingerprint density at radius 1 is 1.33 bits per heavy atom. The Kier molecular flexibility index (Phi) is 4.78. The number of hydrogen-bond donors (Lipinski definition) is 2. The summed E-state index contributed by atoms with van der Waals surface area (Å²) in [7, 11) is 0. The molecular formula is C14H17ClN2S. The first-order valence-electron chi connectivity index (χ1n) is 5.96. The number of nitrogens with one attached hydrogen (secondary N) is 1. The lowest BCUT2D eigenvalue weighted by Gasteiger charge is -2.15. The fourth-order valence-corrected chi connectivity index (χ4v) is 3.35. The minimum atomic E-state index is 0.122. The second-order valence-corrected chi connectivity index (χ2v) is 5.63. The van der Waals surface area contributed by atoms with Crippen molar-refractivity contribution in [1.82, 2.24) is 5.43 Å². The molecule has 0 saturated heterocycles. The van der Waals surface area contributed by atoms with Gasteiger partial charge in [0.2, 0.25) is 0 Å². The van der Waals surface area contributed by atoms with Gasteiger partial charge in [0.1, 0.15) is 0 Å². The highest BCUT2D eigenvalue weighted by atomic mass is 35.5. The van der Waals surface area contributed by atoms with Gasteiger partial charge in [0.15, 0.2) is 0 Å². The van der Waals surface area contributed by atoms with Crippen LogP contribution in [0.5, 0.6) is 0 Å². The van der Waals surface area contributed by atoms with Crippen LogP contribution in [0, 0.1) is 6.92 Å². The molecule has 0 bridgehead atoms. The summed E-state index contributed by atoms with van der Waals surface area (Å²) >= 11 is 7.95. The molecule has 96 valence electrons. The fourth-order valence-electron chi connectivity index (χ4n) is 1.93. The molecule has 1 unspecified atom stereocenters. The molecule has 2 nitrogen and oxygen atoms in total. The van der Waals surface area contributed by atoms with Gasteiger partial charge in [-0.3, -0.25) is 11.3 Å². The Balaban J connectivity index is 2.04. The molecule has 0 saturated carbocycles. The van der Waals surface area contributed by atoms with Crippen LogP contribution < -0.4 is 11.3 Å². The molecule has 0 fully saturated rings. The number of nitrogens with two attached hydrogens (primary N) is 1. The summed E-state index contributed by atoms with van der Waals surface area (Å²) in [6.07, 6.45) is 1.93. The highest BCUT2D eigenvalue weighted by Gasteiger charge is 2.16. The molecule has 18 heavy (non-hydrogen) atoms. The van der Waals surface area contributed by atoms with Crippen LogP contribution in [-0.4, -0.2) is 0 Å². The van der Waals surface area contributed by atoms with E-state index in [0.29, 0.717) is 0 Å². The lowest BCUT2D eigenvalue weighted by atomic mass is 10.0. The average Bonchev–Trinajstić information content (AvgIpc) is 2.73. The third-order valence-electron chi connectivity index (χ3n) is 3.01. The molecule has 0 aliphatic rings. The summed E-state index contributed by atoms with van der Waals surface area (Å²) in [5.74, 6) is 5.65. The van der Waals surface area contributed by atoms with Crippen LogP contribution in [0.15, 0.2) is 35.7 Å². The molecule has 1 aromatic carbocycles. The van der Waals surface area contributed by atoms with Gasteiger partial charge in [-0.25, -0.2) is 0 Å². The lowest BCUT2D eigenvalue weighted by molar-refractivity contribution is 0.524. The van der Waals surface area contributed by atoms with Crippen LogP contribution in [0.3, 0.4) is 0 Å². The Morgan fingerprint density at radius 3 is 2.61 bits per heavy atom. The first kappa shape index (κ1) is 13.6. The normalized spacial score (nSPS) is 12.6. The summed E-state index contributed by atoms with van der Waals surface area (Å²) in [6.45, 7) is 2.02. The summed E-state index contributed by atoms with van der Waals surface area (Å²) in [4.78, 5) is 1.13. The van der Waals surface area contributed by atoms with Gasteiger partial charge in [0.05, 0.1) is 11.1 Å². The minimum Gasteiger partial charge on any atom is -0.271 e. The molecule has 2 rings (SSSR count). The van der Waals surface area contributed by atoms with Crippen molar-refractivity contribution in [3.8, 4) is 0 Å². The van der Waals surface area contributed by atoms with Crippen molar-refractivity contribution in [1.29, 1.82) is 0 Å². The number of aryl methyl sites for hydroxylation is 2. The van der Waals surface area contributed by atoms with E-state index in [4.69, 9.17) is 17.4 Å². The van der Waals surface area contributed by atoms with Crippen molar-refractivity contribution in [2.45, 2.75) is 25.8 Å². The predicted molar refractivity (Wildman–Crippen MR) is 78.9 cm³/mol. The highest BCUT2D eigenvalue weighted by molar-refractivity contribution is 7.10. The van der Waals surface area contributed by atoms with E-state index in [0.717, 1.165) is 28.3 Å². The van der Waals surface area contributed by atoms with Crippen molar-refractivity contribution >= 4 is 22.9 Å². The van der Waals surface area contributed by atoms with E-state index in [1.807, 2.05) is 13.0 Å². The van der Waals surface area contributed by atoms with E-state index in [1.54, 1.807) is 11.3 Å². The second kappa shape index (κ2) is 6.34. The van der Waals surface area contributed by atoms with Gasteiger partial charge in [-0.05, 0) is 36.3 Å². The molecule has 3 N–H and O–H groups in total. The molecule has 1 aromatic heterocycles. The summed E-state index contributed by atoms with van der Waals surface area (Å²) in [5.41, 5.74) is 5.31. The molecular weight excluding hydrogens is 264 g/mol. The van der Waals surface area contributed by atoms with Gasteiger partial charge in [0.25, 0.3) is 0 Å². The molecule has 2 aromatic rings. The minimum absolute atomic E-state index is 0.122. The molecule has 0 amide bonds. The van der Waals surface area contributed by atoms with Gasteiger partial charge in [-0.1, -0.05) is 41.9 Å². The van der Waals surface area contributed by atoms with Crippen LogP contribution in [0.1, 0.15) is 28.5 Å². The Labute approximate surface area is 117 Å². The van der Waals surface area contributed by atoms with Gasteiger partial charge in [0, 0.05) is 4.88 Å². The van der Waals surface area contributed by atoms with E-state index in [1.165, 1.54) is 5.56 Å². The molecule has 1 atom stereocenters. The lowest BCUT2D eigenvalue weighted by Crippen LogP contribution is -2.28. The second-order valence-electron chi connectivity index (χ2n) is 4.34. The molecule has 0 aliphatic carbocycles. The zero-order valence-electron chi connectivity index (χ0n) is 10.3. The molecule has 4 heteroatoms. The van der Waals surface area contributed by atoms with E-state index >= 15 is 0 Å². The standard InChI is InChI=1S/C14H17ClN2S/c1-10-9-18-14(13(10)15)12(17-16)8-7-11-5-3-2-4-6-11/h2-6,9,12,17H,7-8,16H2,1H3. The number of hydrogen-bond acceptors (Lipinski definition) is 3. The van der Waals surface area contributed by atoms with E-state index < -0.39 is 0 Å². The summed E-state index contributed by atoms with van der Waals surface area (Å²) in [5, 5.41) is 2.92. The SMILES string of the molecule is Cc1csc(C(CCc2ccccc2)NN)c1Cl. The Morgan fingerprint density at radius 2 is 2.06 bits per heavy atom. The largest absolute Gasteiger partial charge is 0.271 e. The maximum Gasteiger partial charge on any atom is 0.0590 e. The quantitative estimate of drug-likeness (QED) is 0.645. The maximum atomic E-state index is 6.28. The third kappa shape index (κ3) is 3.12. The maximum absolute atomic E-state index is 6.28. The number of thiophene rings is 1. The average molecular weight is 281 g/mol. The van der Waals surface area contributed by atoms with Gasteiger partial charge < -0.3 is 0 Å². The topological polar surface area (TPSA) is 38.0 Å². The number of benzene rings is 1. The first-order chi connectivity index (χ1) is 8.72. The highest BCUT2D eigenvalue weighted by Crippen LogP contribution is 2.34. The van der Waals surface area contributed by atoms with E-state index in [-0.39, 0.29) is 6.04 Å². The fraction of sp³-hybridized carbons (Fsp3) is 0.286. The van der Waals surface area contributed by atoms with Gasteiger partial charge in [-0.15, -0.1) is 11.3 Å². The predicted octanol–water partition coefficient (Wildman–Crippen LogP) is 3.85. The van der Waals surface area contributed by atoms with E-state index in [9.17, 15) is 0 Å². The van der Waals surface area contributed by atoms with Crippen LogP contribution in [-0.2, 0) is 6.42 Å². The smallest absolute Gasteiger partial charge is 0.0590 e.